The summed E-state index contributed by atoms with van der Waals surface area (Å²) < 4.78 is 36.9. The van der Waals surface area contributed by atoms with E-state index in [4.69, 9.17) is 15.2 Å². The normalized spacial score (nSPS) is 10.4. The SMILES string of the molecule is COc1cc(CN)cc(OCc2ccc(F)cc2F)c1. The Labute approximate surface area is 115 Å². The molecule has 2 aromatic carbocycles. The number of hydrogen-bond acceptors (Lipinski definition) is 3. The van der Waals surface area contributed by atoms with Crippen LogP contribution in [0.2, 0.25) is 0 Å². The van der Waals surface area contributed by atoms with E-state index >= 15 is 0 Å². The van der Waals surface area contributed by atoms with Gasteiger partial charge in [0.05, 0.1) is 7.11 Å². The van der Waals surface area contributed by atoms with Crippen molar-refractivity contribution in [1.29, 1.82) is 0 Å². The molecule has 0 aromatic heterocycles. The molecule has 0 aliphatic carbocycles. The van der Waals surface area contributed by atoms with Crippen molar-refractivity contribution in [2.75, 3.05) is 7.11 Å². The highest BCUT2D eigenvalue weighted by atomic mass is 19.1. The van der Waals surface area contributed by atoms with Gasteiger partial charge < -0.3 is 15.2 Å². The Kier molecular flexibility index (Phi) is 4.53. The lowest BCUT2D eigenvalue weighted by Gasteiger charge is -2.10. The summed E-state index contributed by atoms with van der Waals surface area (Å²) in [5, 5.41) is 0. The Morgan fingerprint density at radius 2 is 1.80 bits per heavy atom. The second kappa shape index (κ2) is 6.34. The molecule has 0 heterocycles. The molecule has 106 valence electrons. The van der Waals surface area contributed by atoms with E-state index < -0.39 is 11.6 Å². The molecule has 0 aliphatic rings. The first-order valence-electron chi connectivity index (χ1n) is 6.07. The predicted molar refractivity (Wildman–Crippen MR) is 71.6 cm³/mol. The van der Waals surface area contributed by atoms with Gasteiger partial charge in [0.1, 0.15) is 29.7 Å². The molecule has 0 spiro atoms. The monoisotopic (exact) mass is 279 g/mol. The van der Waals surface area contributed by atoms with E-state index in [1.807, 2.05) is 0 Å². The third kappa shape index (κ3) is 3.45. The lowest BCUT2D eigenvalue weighted by molar-refractivity contribution is 0.297. The zero-order chi connectivity index (χ0) is 14.5. The minimum Gasteiger partial charge on any atom is -0.497 e. The topological polar surface area (TPSA) is 44.5 Å². The molecular weight excluding hydrogens is 264 g/mol. The van der Waals surface area contributed by atoms with Crippen LogP contribution in [0, 0.1) is 11.6 Å². The van der Waals surface area contributed by atoms with Gasteiger partial charge in [0.2, 0.25) is 0 Å². The van der Waals surface area contributed by atoms with E-state index in [0.717, 1.165) is 11.6 Å². The van der Waals surface area contributed by atoms with Crippen molar-refractivity contribution < 1.29 is 18.3 Å². The van der Waals surface area contributed by atoms with E-state index in [-0.39, 0.29) is 12.2 Å². The van der Waals surface area contributed by atoms with Crippen LogP contribution in [0.25, 0.3) is 0 Å². The molecular formula is C15H15F2NO2. The predicted octanol–water partition coefficient (Wildman–Crippen LogP) is 3.01. The number of rotatable bonds is 5. The van der Waals surface area contributed by atoms with Gasteiger partial charge in [0.25, 0.3) is 0 Å². The van der Waals surface area contributed by atoms with Gasteiger partial charge in [-0.2, -0.15) is 0 Å². The summed E-state index contributed by atoms with van der Waals surface area (Å²) in [5.41, 5.74) is 6.70. The summed E-state index contributed by atoms with van der Waals surface area (Å²) in [7, 11) is 1.54. The van der Waals surface area contributed by atoms with Crippen LogP contribution in [0.3, 0.4) is 0 Å². The Morgan fingerprint density at radius 1 is 1.05 bits per heavy atom. The number of methoxy groups -OCH3 is 1. The van der Waals surface area contributed by atoms with Crippen molar-refractivity contribution in [2.45, 2.75) is 13.2 Å². The molecule has 0 saturated heterocycles. The fourth-order valence-corrected chi connectivity index (χ4v) is 1.75. The summed E-state index contributed by atoms with van der Waals surface area (Å²) in [6.07, 6.45) is 0. The maximum atomic E-state index is 13.5. The van der Waals surface area contributed by atoms with Gasteiger partial charge in [-0.25, -0.2) is 8.78 Å². The second-order valence-corrected chi connectivity index (χ2v) is 4.25. The average molecular weight is 279 g/mol. The number of halogens is 2. The third-order valence-electron chi connectivity index (χ3n) is 2.82. The van der Waals surface area contributed by atoms with Crippen LogP contribution in [0.4, 0.5) is 8.78 Å². The fourth-order valence-electron chi connectivity index (χ4n) is 1.75. The molecule has 0 aliphatic heterocycles. The molecule has 3 nitrogen and oxygen atoms in total. The molecule has 0 atom stereocenters. The van der Waals surface area contributed by atoms with Crippen LogP contribution in [0.15, 0.2) is 36.4 Å². The first kappa shape index (κ1) is 14.3. The standard InChI is InChI=1S/C15H15F2NO2/c1-19-13-4-10(8-18)5-14(7-13)20-9-11-2-3-12(16)6-15(11)17/h2-7H,8-9,18H2,1H3. The Balaban J connectivity index is 2.13. The first-order chi connectivity index (χ1) is 9.62. The highest BCUT2D eigenvalue weighted by molar-refractivity contribution is 5.38. The number of nitrogens with two attached hydrogens (primary N) is 1. The van der Waals surface area contributed by atoms with Gasteiger partial charge in [0, 0.05) is 24.2 Å². The third-order valence-corrected chi connectivity index (χ3v) is 2.82. The van der Waals surface area contributed by atoms with E-state index in [9.17, 15) is 8.78 Å². The van der Waals surface area contributed by atoms with Gasteiger partial charge >= 0.3 is 0 Å². The molecule has 0 radical (unpaired) electrons. The van der Waals surface area contributed by atoms with E-state index in [0.29, 0.717) is 18.0 Å². The Morgan fingerprint density at radius 3 is 2.45 bits per heavy atom. The zero-order valence-electron chi connectivity index (χ0n) is 11.0. The van der Waals surface area contributed by atoms with Crippen molar-refractivity contribution in [3.8, 4) is 11.5 Å². The maximum absolute atomic E-state index is 13.5. The van der Waals surface area contributed by atoms with Crippen molar-refractivity contribution in [3.05, 3.63) is 59.2 Å². The second-order valence-electron chi connectivity index (χ2n) is 4.25. The van der Waals surface area contributed by atoms with E-state index in [1.165, 1.54) is 12.1 Å². The molecule has 0 amide bonds. The van der Waals surface area contributed by atoms with Crippen molar-refractivity contribution in [2.24, 2.45) is 5.73 Å². The van der Waals surface area contributed by atoms with Crippen LogP contribution in [0.1, 0.15) is 11.1 Å². The van der Waals surface area contributed by atoms with Gasteiger partial charge in [0.15, 0.2) is 0 Å². The largest absolute Gasteiger partial charge is 0.497 e. The number of hydrogen-bond donors (Lipinski definition) is 1. The lowest BCUT2D eigenvalue weighted by atomic mass is 10.2. The molecule has 2 aromatic rings. The van der Waals surface area contributed by atoms with Crippen molar-refractivity contribution >= 4 is 0 Å². The molecule has 0 saturated carbocycles. The minimum absolute atomic E-state index is 0.00327. The highest BCUT2D eigenvalue weighted by Gasteiger charge is 2.06. The summed E-state index contributed by atoms with van der Waals surface area (Å²) in [4.78, 5) is 0. The average Bonchev–Trinajstić information content (AvgIpc) is 2.46. The summed E-state index contributed by atoms with van der Waals surface area (Å²) in [5.74, 6) is -0.110. The first-order valence-corrected chi connectivity index (χ1v) is 6.07. The zero-order valence-corrected chi connectivity index (χ0v) is 11.0. The summed E-state index contributed by atoms with van der Waals surface area (Å²) >= 11 is 0. The molecule has 2 N–H and O–H groups in total. The van der Waals surface area contributed by atoms with Crippen LogP contribution in [-0.4, -0.2) is 7.11 Å². The molecule has 2 rings (SSSR count). The highest BCUT2D eigenvalue weighted by Crippen LogP contribution is 2.23. The van der Waals surface area contributed by atoms with Gasteiger partial charge in [-0.15, -0.1) is 0 Å². The molecule has 20 heavy (non-hydrogen) atoms. The van der Waals surface area contributed by atoms with Crippen LogP contribution >= 0.6 is 0 Å². The molecule has 0 fully saturated rings. The quantitative estimate of drug-likeness (QED) is 0.915. The Hall–Kier alpha value is -2.14. The van der Waals surface area contributed by atoms with Gasteiger partial charge in [-0.05, 0) is 29.8 Å². The maximum Gasteiger partial charge on any atom is 0.132 e. The Bertz CT molecular complexity index is 580. The van der Waals surface area contributed by atoms with Crippen LogP contribution in [0.5, 0.6) is 11.5 Å². The molecule has 0 unspecified atom stereocenters. The van der Waals surface area contributed by atoms with E-state index in [1.54, 1.807) is 25.3 Å². The smallest absolute Gasteiger partial charge is 0.132 e. The number of benzene rings is 2. The van der Waals surface area contributed by atoms with Crippen LogP contribution in [-0.2, 0) is 13.2 Å². The van der Waals surface area contributed by atoms with Crippen molar-refractivity contribution in [3.63, 3.8) is 0 Å². The van der Waals surface area contributed by atoms with Gasteiger partial charge in [-0.3, -0.25) is 0 Å². The molecule has 5 heteroatoms. The van der Waals surface area contributed by atoms with Crippen molar-refractivity contribution in [1.82, 2.24) is 0 Å². The summed E-state index contributed by atoms with van der Waals surface area (Å²) in [6, 6.07) is 8.61. The summed E-state index contributed by atoms with van der Waals surface area (Å²) in [6.45, 7) is 0.349. The van der Waals surface area contributed by atoms with E-state index in [2.05, 4.69) is 0 Å². The molecule has 0 bridgehead atoms. The van der Waals surface area contributed by atoms with Crippen LogP contribution < -0.4 is 15.2 Å². The fraction of sp³-hybridized carbons (Fsp3) is 0.200. The minimum atomic E-state index is -0.632. The lowest BCUT2D eigenvalue weighted by Crippen LogP contribution is -2.01. The van der Waals surface area contributed by atoms with Gasteiger partial charge in [-0.1, -0.05) is 0 Å². The number of ether oxygens (including phenoxy) is 2.